The lowest BCUT2D eigenvalue weighted by molar-refractivity contribution is 0.0197. The van der Waals surface area contributed by atoms with Crippen LogP contribution in [0.15, 0.2) is 24.3 Å². The van der Waals surface area contributed by atoms with E-state index < -0.39 is 12.2 Å². The first kappa shape index (κ1) is 17.0. The first-order chi connectivity index (χ1) is 9.92. The van der Waals surface area contributed by atoms with E-state index in [-0.39, 0.29) is 12.1 Å². The number of nitrogens with two attached hydrogens (primary N) is 1. The normalized spacial score (nSPS) is 13.3. The number of amides is 1. The molecule has 0 heterocycles. The van der Waals surface area contributed by atoms with E-state index in [4.69, 9.17) is 15.2 Å². The number of esters is 1. The zero-order chi connectivity index (χ0) is 15.8. The second kappa shape index (κ2) is 8.29. The summed E-state index contributed by atoms with van der Waals surface area (Å²) in [6, 6.07) is 7.40. The second-order valence-corrected chi connectivity index (χ2v) is 5.15. The van der Waals surface area contributed by atoms with Gasteiger partial charge >= 0.3 is 12.1 Å². The van der Waals surface area contributed by atoms with E-state index in [2.05, 4.69) is 6.92 Å². The Morgan fingerprint density at radius 2 is 1.67 bits per heavy atom. The molecule has 116 valence electrons. The molecule has 2 unspecified atom stereocenters. The Bertz CT molecular complexity index is 470. The van der Waals surface area contributed by atoms with Crippen LogP contribution >= 0.6 is 0 Å². The first-order valence-corrected chi connectivity index (χ1v) is 7.18. The van der Waals surface area contributed by atoms with Crippen molar-refractivity contribution in [3.05, 3.63) is 35.4 Å². The van der Waals surface area contributed by atoms with Crippen LogP contribution in [0.3, 0.4) is 0 Å². The van der Waals surface area contributed by atoms with Crippen molar-refractivity contribution in [2.45, 2.75) is 52.2 Å². The molecule has 0 aliphatic rings. The maximum Gasteiger partial charge on any atom is 0.404 e. The van der Waals surface area contributed by atoms with Gasteiger partial charge in [-0.15, -0.1) is 0 Å². The Morgan fingerprint density at radius 3 is 2.19 bits per heavy atom. The third kappa shape index (κ3) is 6.29. The van der Waals surface area contributed by atoms with E-state index in [1.165, 1.54) is 5.56 Å². The maximum atomic E-state index is 12.0. The highest BCUT2D eigenvalue weighted by Gasteiger charge is 2.16. The van der Waals surface area contributed by atoms with Crippen LogP contribution in [0.5, 0.6) is 0 Å². The highest BCUT2D eigenvalue weighted by atomic mass is 16.6. The standard InChI is InChI=1S/C16H23NO4/c1-4-5-13-6-8-14(9-7-13)15(18)20-11(2)10-12(3)21-16(17)19/h6-9,11-12H,4-5,10H2,1-3H3,(H2,17,19). The van der Waals surface area contributed by atoms with Gasteiger partial charge in [-0.05, 0) is 38.0 Å². The van der Waals surface area contributed by atoms with Gasteiger partial charge in [-0.3, -0.25) is 0 Å². The van der Waals surface area contributed by atoms with Crippen molar-refractivity contribution < 1.29 is 19.1 Å². The van der Waals surface area contributed by atoms with Crippen LogP contribution in [0.2, 0.25) is 0 Å². The summed E-state index contributed by atoms with van der Waals surface area (Å²) in [5.74, 6) is -0.378. The van der Waals surface area contributed by atoms with Crippen molar-refractivity contribution in [2.24, 2.45) is 5.73 Å². The van der Waals surface area contributed by atoms with Crippen molar-refractivity contribution in [2.75, 3.05) is 0 Å². The lowest BCUT2D eigenvalue weighted by Gasteiger charge is -2.17. The van der Waals surface area contributed by atoms with Crippen molar-refractivity contribution in [3.8, 4) is 0 Å². The van der Waals surface area contributed by atoms with E-state index in [1.807, 2.05) is 12.1 Å². The van der Waals surface area contributed by atoms with Crippen LogP contribution in [-0.2, 0) is 15.9 Å². The number of rotatable bonds is 7. The van der Waals surface area contributed by atoms with Crippen LogP contribution in [0.25, 0.3) is 0 Å². The summed E-state index contributed by atoms with van der Waals surface area (Å²) >= 11 is 0. The van der Waals surface area contributed by atoms with Gasteiger partial charge in [0.15, 0.2) is 0 Å². The van der Waals surface area contributed by atoms with Gasteiger partial charge in [0.05, 0.1) is 5.56 Å². The van der Waals surface area contributed by atoms with Gasteiger partial charge in [-0.1, -0.05) is 25.5 Å². The van der Waals surface area contributed by atoms with Crippen molar-refractivity contribution >= 4 is 12.1 Å². The molecule has 0 aromatic heterocycles. The molecule has 0 fully saturated rings. The van der Waals surface area contributed by atoms with Crippen LogP contribution < -0.4 is 5.73 Å². The molecule has 21 heavy (non-hydrogen) atoms. The number of benzene rings is 1. The third-order valence-corrected chi connectivity index (χ3v) is 3.02. The minimum atomic E-state index is -0.826. The number of hydrogen-bond acceptors (Lipinski definition) is 4. The number of carbonyl (C=O) groups excluding carboxylic acids is 2. The SMILES string of the molecule is CCCc1ccc(C(=O)OC(C)CC(C)OC(N)=O)cc1. The topological polar surface area (TPSA) is 78.6 Å². The number of hydrogen-bond donors (Lipinski definition) is 1. The third-order valence-electron chi connectivity index (χ3n) is 3.02. The largest absolute Gasteiger partial charge is 0.459 e. The lowest BCUT2D eigenvalue weighted by atomic mass is 10.1. The Hall–Kier alpha value is -2.04. The average Bonchev–Trinajstić information content (AvgIpc) is 2.38. The van der Waals surface area contributed by atoms with Gasteiger partial charge in [-0.2, -0.15) is 0 Å². The predicted molar refractivity (Wildman–Crippen MR) is 80.1 cm³/mol. The quantitative estimate of drug-likeness (QED) is 0.784. The fraction of sp³-hybridized carbons (Fsp3) is 0.500. The van der Waals surface area contributed by atoms with Gasteiger partial charge < -0.3 is 15.2 Å². The molecule has 0 bridgehead atoms. The molecule has 1 amide bonds. The number of aryl methyl sites for hydroxylation is 1. The molecular formula is C16H23NO4. The van der Waals surface area contributed by atoms with Crippen LogP contribution in [0.4, 0.5) is 4.79 Å². The minimum Gasteiger partial charge on any atom is -0.459 e. The number of ether oxygens (including phenoxy) is 2. The van der Waals surface area contributed by atoms with Crippen LogP contribution in [0, 0.1) is 0 Å². The van der Waals surface area contributed by atoms with Gasteiger partial charge in [0, 0.05) is 6.42 Å². The Morgan fingerprint density at radius 1 is 1.10 bits per heavy atom. The molecule has 0 saturated heterocycles. The van der Waals surface area contributed by atoms with Crippen LogP contribution in [0.1, 0.15) is 49.5 Å². The molecule has 5 nitrogen and oxygen atoms in total. The molecule has 0 spiro atoms. The molecular weight excluding hydrogens is 270 g/mol. The molecule has 0 aliphatic heterocycles. The highest BCUT2D eigenvalue weighted by molar-refractivity contribution is 5.89. The minimum absolute atomic E-state index is 0.359. The molecule has 2 N–H and O–H groups in total. The average molecular weight is 293 g/mol. The second-order valence-electron chi connectivity index (χ2n) is 5.15. The summed E-state index contributed by atoms with van der Waals surface area (Å²) in [4.78, 5) is 22.6. The first-order valence-electron chi connectivity index (χ1n) is 7.18. The number of carbonyl (C=O) groups is 2. The van der Waals surface area contributed by atoms with Crippen molar-refractivity contribution in [1.29, 1.82) is 0 Å². The molecule has 0 radical (unpaired) electrons. The lowest BCUT2D eigenvalue weighted by Crippen LogP contribution is -2.25. The summed E-state index contributed by atoms with van der Waals surface area (Å²) in [6.45, 7) is 5.57. The Labute approximate surface area is 125 Å². The van der Waals surface area contributed by atoms with Crippen LogP contribution in [-0.4, -0.2) is 24.3 Å². The van der Waals surface area contributed by atoms with E-state index >= 15 is 0 Å². The predicted octanol–water partition coefficient (Wildman–Crippen LogP) is 3.06. The monoisotopic (exact) mass is 293 g/mol. The molecule has 1 rings (SSSR count). The summed E-state index contributed by atoms with van der Waals surface area (Å²) in [5.41, 5.74) is 6.65. The highest BCUT2D eigenvalue weighted by Crippen LogP contribution is 2.11. The smallest absolute Gasteiger partial charge is 0.404 e. The van der Waals surface area contributed by atoms with Crippen molar-refractivity contribution in [1.82, 2.24) is 0 Å². The summed E-state index contributed by atoms with van der Waals surface area (Å²) in [6.07, 6.45) is 0.890. The molecule has 2 atom stereocenters. The van der Waals surface area contributed by atoms with E-state index in [1.54, 1.807) is 26.0 Å². The van der Waals surface area contributed by atoms with Gasteiger partial charge in [0.25, 0.3) is 0 Å². The summed E-state index contributed by atoms with van der Waals surface area (Å²) in [5, 5.41) is 0. The fourth-order valence-electron chi connectivity index (χ4n) is 2.11. The Balaban J connectivity index is 2.49. The van der Waals surface area contributed by atoms with Gasteiger partial charge in [0.2, 0.25) is 0 Å². The molecule has 1 aromatic rings. The maximum absolute atomic E-state index is 12.0. The number of primary amides is 1. The van der Waals surface area contributed by atoms with Crippen molar-refractivity contribution in [3.63, 3.8) is 0 Å². The van der Waals surface area contributed by atoms with Gasteiger partial charge in [-0.25, -0.2) is 9.59 Å². The molecule has 5 heteroatoms. The van der Waals surface area contributed by atoms with Gasteiger partial charge in [0.1, 0.15) is 12.2 Å². The zero-order valence-corrected chi connectivity index (χ0v) is 12.8. The zero-order valence-electron chi connectivity index (χ0n) is 12.8. The summed E-state index contributed by atoms with van der Waals surface area (Å²) in [7, 11) is 0. The van der Waals surface area contributed by atoms with E-state index in [0.29, 0.717) is 12.0 Å². The fourth-order valence-corrected chi connectivity index (χ4v) is 2.11. The van der Waals surface area contributed by atoms with E-state index in [9.17, 15) is 9.59 Å². The molecule has 0 saturated carbocycles. The van der Waals surface area contributed by atoms with E-state index in [0.717, 1.165) is 12.8 Å². The summed E-state index contributed by atoms with van der Waals surface area (Å²) < 4.78 is 10.1. The molecule has 0 aliphatic carbocycles. The molecule has 1 aromatic carbocycles. The Kier molecular flexibility index (Phi) is 6.72.